The van der Waals surface area contributed by atoms with Gasteiger partial charge in [0.1, 0.15) is 0 Å². The maximum absolute atomic E-state index is 12.5. The topological polar surface area (TPSA) is 40.6 Å². The molecule has 1 saturated heterocycles. The van der Waals surface area contributed by atoms with Crippen LogP contribution in [0.25, 0.3) is 0 Å². The lowest BCUT2D eigenvalue weighted by atomic mass is 10.2. The minimum atomic E-state index is -0.0288. The maximum atomic E-state index is 12.5. The van der Waals surface area contributed by atoms with Crippen LogP contribution in [-0.2, 0) is 9.59 Å². The minimum Gasteiger partial charge on any atom is -0.342 e. The summed E-state index contributed by atoms with van der Waals surface area (Å²) < 4.78 is 0. The second kappa shape index (κ2) is 7.81. The third-order valence-corrected chi connectivity index (χ3v) is 4.64. The van der Waals surface area contributed by atoms with E-state index >= 15 is 0 Å². The molecule has 1 aliphatic heterocycles. The fourth-order valence-electron chi connectivity index (χ4n) is 3.37. The first-order chi connectivity index (χ1) is 10.2. The van der Waals surface area contributed by atoms with Gasteiger partial charge in [-0.25, -0.2) is 0 Å². The van der Waals surface area contributed by atoms with Gasteiger partial charge in [0, 0.05) is 26.2 Å². The second-order valence-corrected chi connectivity index (χ2v) is 6.51. The Balaban J connectivity index is 1.87. The summed E-state index contributed by atoms with van der Waals surface area (Å²) in [5, 5.41) is 0. The Hall–Kier alpha value is -1.06. The van der Waals surface area contributed by atoms with Crippen molar-refractivity contribution in [1.29, 1.82) is 0 Å². The van der Waals surface area contributed by atoms with Crippen LogP contribution in [0.5, 0.6) is 0 Å². The van der Waals surface area contributed by atoms with Crippen molar-refractivity contribution in [2.24, 2.45) is 11.8 Å². The zero-order chi connectivity index (χ0) is 15.2. The van der Waals surface area contributed by atoms with E-state index in [0.29, 0.717) is 0 Å². The Labute approximate surface area is 128 Å². The summed E-state index contributed by atoms with van der Waals surface area (Å²) in [5.41, 5.74) is 0. The Kier molecular flexibility index (Phi) is 6.07. The number of nitrogens with zero attached hydrogens (tertiary/aromatic N) is 2. The van der Waals surface area contributed by atoms with E-state index in [1.807, 2.05) is 9.80 Å². The molecular weight excluding hydrogens is 264 g/mol. The first-order valence-electron chi connectivity index (χ1n) is 8.76. The van der Waals surface area contributed by atoms with Crippen molar-refractivity contribution in [2.45, 2.75) is 58.8 Å². The van der Waals surface area contributed by atoms with Crippen LogP contribution in [0, 0.1) is 11.8 Å². The van der Waals surface area contributed by atoms with Crippen LogP contribution in [0.15, 0.2) is 0 Å². The van der Waals surface area contributed by atoms with Crippen LogP contribution in [0.4, 0.5) is 0 Å². The van der Waals surface area contributed by atoms with E-state index in [4.69, 9.17) is 0 Å². The quantitative estimate of drug-likeness (QED) is 0.755. The van der Waals surface area contributed by atoms with Crippen LogP contribution in [0.3, 0.4) is 0 Å². The molecule has 0 radical (unpaired) electrons. The molecule has 2 rings (SSSR count). The summed E-state index contributed by atoms with van der Waals surface area (Å²) in [7, 11) is 0. The van der Waals surface area contributed by atoms with Crippen LogP contribution in [0.2, 0.25) is 0 Å². The Bertz CT molecular complexity index is 338. The molecule has 1 heterocycles. The highest BCUT2D eigenvalue weighted by Gasteiger charge is 2.50. The lowest BCUT2D eigenvalue weighted by molar-refractivity contribution is -0.138. The highest BCUT2D eigenvalue weighted by molar-refractivity contribution is 5.92. The number of likely N-dealkylation sites (tertiary alicyclic amines) is 1. The summed E-state index contributed by atoms with van der Waals surface area (Å²) in [4.78, 5) is 29.0. The fourth-order valence-corrected chi connectivity index (χ4v) is 3.37. The molecule has 2 unspecified atom stereocenters. The molecule has 2 aliphatic rings. The molecule has 2 atom stereocenters. The molecule has 1 aliphatic carbocycles. The number of carbonyl (C=O) groups is 2. The average molecular weight is 294 g/mol. The zero-order valence-corrected chi connectivity index (χ0v) is 13.6. The second-order valence-electron chi connectivity index (χ2n) is 6.51. The molecule has 4 heteroatoms. The minimum absolute atomic E-state index is 0.0215. The van der Waals surface area contributed by atoms with Gasteiger partial charge in [-0.15, -0.1) is 0 Å². The predicted molar refractivity (Wildman–Crippen MR) is 83.8 cm³/mol. The molecule has 0 spiro atoms. The standard InChI is InChI=1S/C17H30N2O2/c1-3-9-18(10-4-2)16(20)14-13-15(14)17(21)19-11-7-5-6-8-12-19/h14-15H,3-13H2,1-2H3. The molecule has 1 saturated carbocycles. The van der Waals surface area contributed by atoms with Crippen molar-refractivity contribution in [1.82, 2.24) is 9.80 Å². The van der Waals surface area contributed by atoms with Gasteiger partial charge in [0.05, 0.1) is 11.8 Å². The normalized spacial score (nSPS) is 25.3. The third-order valence-electron chi connectivity index (χ3n) is 4.64. The van der Waals surface area contributed by atoms with Gasteiger partial charge in [-0.3, -0.25) is 9.59 Å². The summed E-state index contributed by atoms with van der Waals surface area (Å²) in [5.74, 6) is 0.403. The molecule has 0 aromatic heterocycles. The van der Waals surface area contributed by atoms with Crippen LogP contribution in [0.1, 0.15) is 58.8 Å². The molecule has 0 aromatic rings. The van der Waals surface area contributed by atoms with Crippen molar-refractivity contribution in [3.05, 3.63) is 0 Å². The van der Waals surface area contributed by atoms with Gasteiger partial charge in [-0.2, -0.15) is 0 Å². The number of hydrogen-bond donors (Lipinski definition) is 0. The van der Waals surface area contributed by atoms with E-state index in [1.54, 1.807) is 0 Å². The number of rotatable bonds is 6. The molecule has 120 valence electrons. The smallest absolute Gasteiger partial charge is 0.226 e. The first kappa shape index (κ1) is 16.3. The van der Waals surface area contributed by atoms with Crippen molar-refractivity contribution in [3.8, 4) is 0 Å². The van der Waals surface area contributed by atoms with Gasteiger partial charge in [0.2, 0.25) is 11.8 Å². The van der Waals surface area contributed by atoms with E-state index in [9.17, 15) is 9.59 Å². The van der Waals surface area contributed by atoms with E-state index in [0.717, 1.165) is 58.3 Å². The maximum Gasteiger partial charge on any atom is 0.226 e. The van der Waals surface area contributed by atoms with Crippen molar-refractivity contribution >= 4 is 11.8 Å². The summed E-state index contributed by atoms with van der Waals surface area (Å²) in [6.07, 6.45) is 7.46. The van der Waals surface area contributed by atoms with E-state index in [-0.39, 0.29) is 23.7 Å². The van der Waals surface area contributed by atoms with E-state index in [1.165, 1.54) is 12.8 Å². The number of carbonyl (C=O) groups excluding carboxylic acids is 2. The van der Waals surface area contributed by atoms with Crippen molar-refractivity contribution in [3.63, 3.8) is 0 Å². The molecule has 2 amide bonds. The third kappa shape index (κ3) is 4.21. The SMILES string of the molecule is CCCN(CCC)C(=O)C1CC1C(=O)N1CCCCCC1. The highest BCUT2D eigenvalue weighted by atomic mass is 16.2. The predicted octanol–water partition coefficient (Wildman–Crippen LogP) is 2.67. The van der Waals surface area contributed by atoms with Gasteiger partial charge in [-0.1, -0.05) is 26.7 Å². The van der Waals surface area contributed by atoms with Crippen LogP contribution < -0.4 is 0 Å². The largest absolute Gasteiger partial charge is 0.342 e. The molecule has 4 nitrogen and oxygen atoms in total. The average Bonchev–Trinajstić information content (AvgIpc) is 3.29. The lowest BCUT2D eigenvalue weighted by Crippen LogP contribution is -2.37. The van der Waals surface area contributed by atoms with Gasteiger partial charge < -0.3 is 9.80 Å². The highest BCUT2D eigenvalue weighted by Crippen LogP contribution is 2.41. The Morgan fingerprint density at radius 3 is 2.05 bits per heavy atom. The van der Waals surface area contributed by atoms with E-state index in [2.05, 4.69) is 13.8 Å². The molecule has 0 aromatic carbocycles. The molecule has 0 N–H and O–H groups in total. The van der Waals surface area contributed by atoms with Crippen LogP contribution >= 0.6 is 0 Å². The summed E-state index contributed by atoms with van der Waals surface area (Å²) in [6.45, 7) is 7.64. The van der Waals surface area contributed by atoms with Gasteiger partial charge in [0.15, 0.2) is 0 Å². The van der Waals surface area contributed by atoms with Gasteiger partial charge in [-0.05, 0) is 32.1 Å². The monoisotopic (exact) mass is 294 g/mol. The van der Waals surface area contributed by atoms with Crippen molar-refractivity contribution < 1.29 is 9.59 Å². The van der Waals surface area contributed by atoms with E-state index < -0.39 is 0 Å². The van der Waals surface area contributed by atoms with Gasteiger partial charge >= 0.3 is 0 Å². The number of hydrogen-bond acceptors (Lipinski definition) is 2. The molecule has 2 fully saturated rings. The summed E-state index contributed by atoms with van der Waals surface area (Å²) in [6, 6.07) is 0. The van der Waals surface area contributed by atoms with Gasteiger partial charge in [0.25, 0.3) is 0 Å². The lowest BCUT2D eigenvalue weighted by Gasteiger charge is -2.23. The summed E-state index contributed by atoms with van der Waals surface area (Å²) >= 11 is 0. The Morgan fingerprint density at radius 2 is 1.52 bits per heavy atom. The number of amides is 2. The van der Waals surface area contributed by atoms with Crippen LogP contribution in [-0.4, -0.2) is 47.8 Å². The molecular formula is C17H30N2O2. The molecule has 21 heavy (non-hydrogen) atoms. The fraction of sp³-hybridized carbons (Fsp3) is 0.882. The van der Waals surface area contributed by atoms with Crippen molar-refractivity contribution in [2.75, 3.05) is 26.2 Å². The zero-order valence-electron chi connectivity index (χ0n) is 13.6. The Morgan fingerprint density at radius 1 is 0.952 bits per heavy atom. The first-order valence-corrected chi connectivity index (χ1v) is 8.76. The molecule has 0 bridgehead atoms.